The van der Waals surface area contributed by atoms with Gasteiger partial charge in [0.25, 0.3) is 0 Å². The van der Waals surface area contributed by atoms with E-state index in [0.717, 1.165) is 24.9 Å². The Bertz CT molecular complexity index is 575. The predicted molar refractivity (Wildman–Crippen MR) is 74.4 cm³/mol. The standard InChI is InChI=1S/C14H14Cl2N2/c15-11-5-3-4-10(14(11)16)8-18-9-17-12-6-1-2-7-13(12)18/h3-5,9H,1-2,6-8H2. The number of aromatic nitrogens is 2. The number of imidazole rings is 1. The molecule has 1 aliphatic rings. The Labute approximate surface area is 117 Å². The van der Waals surface area contributed by atoms with Crippen LogP contribution in [0.25, 0.3) is 0 Å². The van der Waals surface area contributed by atoms with Gasteiger partial charge >= 0.3 is 0 Å². The second kappa shape index (κ2) is 4.94. The van der Waals surface area contributed by atoms with Crippen LogP contribution in [0, 0.1) is 0 Å². The Kier molecular flexibility index (Phi) is 3.31. The number of rotatable bonds is 2. The first-order valence-corrected chi connectivity index (χ1v) is 6.97. The Morgan fingerprint density at radius 1 is 1.17 bits per heavy atom. The lowest BCUT2D eigenvalue weighted by molar-refractivity contribution is 0.628. The molecule has 94 valence electrons. The van der Waals surface area contributed by atoms with E-state index in [2.05, 4.69) is 9.55 Å². The quantitative estimate of drug-likeness (QED) is 0.809. The summed E-state index contributed by atoms with van der Waals surface area (Å²) in [6.07, 6.45) is 6.65. The normalized spacial score (nSPS) is 14.6. The predicted octanol–water partition coefficient (Wildman–Crippen LogP) is 4.12. The minimum Gasteiger partial charge on any atom is -0.330 e. The van der Waals surface area contributed by atoms with Gasteiger partial charge in [0.1, 0.15) is 0 Å². The summed E-state index contributed by atoms with van der Waals surface area (Å²) in [7, 11) is 0. The molecule has 0 bridgehead atoms. The maximum absolute atomic E-state index is 6.23. The summed E-state index contributed by atoms with van der Waals surface area (Å²) in [5.74, 6) is 0. The van der Waals surface area contributed by atoms with Crippen LogP contribution in [0.5, 0.6) is 0 Å². The second-order valence-corrected chi connectivity index (χ2v) is 5.47. The van der Waals surface area contributed by atoms with Crippen LogP contribution in [0.2, 0.25) is 10.0 Å². The van der Waals surface area contributed by atoms with Gasteiger partial charge in [0.15, 0.2) is 0 Å². The van der Waals surface area contributed by atoms with Crippen LogP contribution in [0.4, 0.5) is 0 Å². The molecule has 1 aromatic heterocycles. The van der Waals surface area contributed by atoms with Crippen molar-refractivity contribution in [2.45, 2.75) is 32.2 Å². The lowest BCUT2D eigenvalue weighted by Crippen LogP contribution is -2.09. The third-order valence-corrected chi connectivity index (χ3v) is 4.34. The number of hydrogen-bond donors (Lipinski definition) is 0. The van der Waals surface area contributed by atoms with E-state index >= 15 is 0 Å². The molecule has 3 rings (SSSR count). The van der Waals surface area contributed by atoms with Crippen LogP contribution < -0.4 is 0 Å². The molecule has 0 radical (unpaired) electrons. The SMILES string of the molecule is Clc1cccc(Cn2cnc3c2CCCC3)c1Cl. The van der Waals surface area contributed by atoms with Crippen LogP contribution in [0.1, 0.15) is 29.8 Å². The van der Waals surface area contributed by atoms with Crippen molar-refractivity contribution in [3.05, 3.63) is 51.5 Å². The molecule has 0 atom stereocenters. The van der Waals surface area contributed by atoms with Crippen LogP contribution in [0.3, 0.4) is 0 Å². The summed E-state index contributed by atoms with van der Waals surface area (Å²) in [4.78, 5) is 4.49. The van der Waals surface area contributed by atoms with Gasteiger partial charge in [-0.15, -0.1) is 0 Å². The maximum Gasteiger partial charge on any atom is 0.0954 e. The Morgan fingerprint density at radius 3 is 2.89 bits per heavy atom. The smallest absolute Gasteiger partial charge is 0.0954 e. The minimum absolute atomic E-state index is 0.614. The van der Waals surface area contributed by atoms with Crippen LogP contribution >= 0.6 is 23.2 Å². The molecule has 0 saturated heterocycles. The summed E-state index contributed by atoms with van der Waals surface area (Å²) in [6.45, 7) is 0.752. The van der Waals surface area contributed by atoms with Crippen LogP contribution in [-0.2, 0) is 19.4 Å². The lowest BCUT2D eigenvalue weighted by Gasteiger charge is -2.14. The number of hydrogen-bond acceptors (Lipinski definition) is 1. The molecule has 0 unspecified atom stereocenters. The summed E-state index contributed by atoms with van der Waals surface area (Å²) in [5, 5.41) is 1.26. The molecule has 0 amide bonds. The average Bonchev–Trinajstić information content (AvgIpc) is 2.79. The summed E-state index contributed by atoms with van der Waals surface area (Å²) < 4.78 is 2.20. The van der Waals surface area contributed by atoms with Crippen LogP contribution in [0.15, 0.2) is 24.5 Å². The molecular weight excluding hydrogens is 267 g/mol. The van der Waals surface area contributed by atoms with Crippen molar-refractivity contribution in [1.82, 2.24) is 9.55 Å². The Morgan fingerprint density at radius 2 is 2.00 bits per heavy atom. The molecule has 1 aliphatic carbocycles. The van der Waals surface area contributed by atoms with Crippen molar-refractivity contribution < 1.29 is 0 Å². The minimum atomic E-state index is 0.614. The topological polar surface area (TPSA) is 17.8 Å². The van der Waals surface area contributed by atoms with Gasteiger partial charge in [-0.05, 0) is 37.3 Å². The third-order valence-electron chi connectivity index (χ3n) is 3.48. The lowest BCUT2D eigenvalue weighted by atomic mass is 10.0. The molecule has 1 aromatic carbocycles. The molecule has 0 N–H and O–H groups in total. The summed E-state index contributed by atoms with van der Waals surface area (Å²) in [5.41, 5.74) is 3.66. The molecular formula is C14H14Cl2N2. The van der Waals surface area contributed by atoms with E-state index in [0.29, 0.717) is 10.0 Å². The van der Waals surface area contributed by atoms with Crippen LogP contribution in [-0.4, -0.2) is 9.55 Å². The molecule has 0 saturated carbocycles. The van der Waals surface area contributed by atoms with Gasteiger partial charge < -0.3 is 4.57 Å². The monoisotopic (exact) mass is 280 g/mol. The van der Waals surface area contributed by atoms with Crippen molar-refractivity contribution in [2.75, 3.05) is 0 Å². The van der Waals surface area contributed by atoms with Gasteiger partial charge in [0, 0.05) is 5.69 Å². The zero-order chi connectivity index (χ0) is 12.5. The van der Waals surface area contributed by atoms with Gasteiger partial charge in [0.2, 0.25) is 0 Å². The maximum atomic E-state index is 6.23. The van der Waals surface area contributed by atoms with E-state index in [-0.39, 0.29) is 0 Å². The van der Waals surface area contributed by atoms with Gasteiger partial charge in [-0.1, -0.05) is 35.3 Å². The van der Waals surface area contributed by atoms with Gasteiger partial charge in [-0.2, -0.15) is 0 Å². The highest BCUT2D eigenvalue weighted by molar-refractivity contribution is 6.42. The van der Waals surface area contributed by atoms with E-state index < -0.39 is 0 Å². The number of halogens is 2. The average molecular weight is 281 g/mol. The van der Waals surface area contributed by atoms with Gasteiger partial charge in [-0.25, -0.2) is 4.98 Å². The fourth-order valence-corrected chi connectivity index (χ4v) is 2.90. The molecule has 1 heterocycles. The molecule has 18 heavy (non-hydrogen) atoms. The van der Waals surface area contributed by atoms with Gasteiger partial charge in [-0.3, -0.25) is 0 Å². The second-order valence-electron chi connectivity index (χ2n) is 4.69. The molecule has 2 nitrogen and oxygen atoms in total. The molecule has 0 aliphatic heterocycles. The Balaban J connectivity index is 1.93. The number of nitrogens with zero attached hydrogens (tertiary/aromatic N) is 2. The van der Waals surface area contributed by atoms with Crippen molar-refractivity contribution in [3.63, 3.8) is 0 Å². The van der Waals surface area contributed by atoms with Crippen molar-refractivity contribution in [2.24, 2.45) is 0 Å². The van der Waals surface area contributed by atoms with E-state index in [9.17, 15) is 0 Å². The van der Waals surface area contributed by atoms with E-state index in [1.807, 2.05) is 24.5 Å². The number of fused-ring (bicyclic) bond motifs is 1. The first-order chi connectivity index (χ1) is 8.75. The highest BCUT2D eigenvalue weighted by Gasteiger charge is 2.16. The first kappa shape index (κ1) is 12.1. The van der Waals surface area contributed by atoms with E-state index in [1.54, 1.807) is 0 Å². The van der Waals surface area contributed by atoms with Crippen molar-refractivity contribution in [3.8, 4) is 0 Å². The molecule has 2 aromatic rings. The highest BCUT2D eigenvalue weighted by Crippen LogP contribution is 2.27. The zero-order valence-corrected chi connectivity index (χ0v) is 11.5. The highest BCUT2D eigenvalue weighted by atomic mass is 35.5. The van der Waals surface area contributed by atoms with Gasteiger partial charge in [0.05, 0.1) is 28.6 Å². The third kappa shape index (κ3) is 2.15. The van der Waals surface area contributed by atoms with Crippen molar-refractivity contribution >= 4 is 23.2 Å². The number of benzene rings is 1. The molecule has 0 spiro atoms. The fourth-order valence-electron chi connectivity index (χ4n) is 2.52. The summed E-state index contributed by atoms with van der Waals surface area (Å²) in [6, 6.07) is 5.77. The Hall–Kier alpha value is -0.990. The van der Waals surface area contributed by atoms with E-state index in [4.69, 9.17) is 23.2 Å². The molecule has 0 fully saturated rings. The number of aryl methyl sites for hydroxylation is 1. The first-order valence-electron chi connectivity index (χ1n) is 6.21. The largest absolute Gasteiger partial charge is 0.330 e. The molecule has 4 heteroatoms. The van der Waals surface area contributed by atoms with Crippen molar-refractivity contribution in [1.29, 1.82) is 0 Å². The van der Waals surface area contributed by atoms with E-state index in [1.165, 1.54) is 24.2 Å². The zero-order valence-electron chi connectivity index (χ0n) is 10.00. The fraction of sp³-hybridized carbons (Fsp3) is 0.357. The summed E-state index contributed by atoms with van der Waals surface area (Å²) >= 11 is 12.3.